The van der Waals surface area contributed by atoms with E-state index >= 15 is 0 Å². The fourth-order valence-corrected chi connectivity index (χ4v) is 4.48. The maximum absolute atomic E-state index is 10.7. The van der Waals surface area contributed by atoms with Gasteiger partial charge in [0.25, 0.3) is 0 Å². The molecule has 2 fully saturated rings. The molecule has 0 spiro atoms. The minimum Gasteiger partial charge on any atom is -0.507 e. The van der Waals surface area contributed by atoms with Crippen LogP contribution in [-0.4, -0.2) is 35.2 Å². The van der Waals surface area contributed by atoms with Gasteiger partial charge in [-0.05, 0) is 62.3 Å². The number of piperidine rings is 1. The zero-order valence-electron chi connectivity index (χ0n) is 17.2. The Labute approximate surface area is 173 Å². The van der Waals surface area contributed by atoms with Crippen LogP contribution in [0.25, 0.3) is 16.5 Å². The molecule has 5 heteroatoms. The predicted octanol–water partition coefficient (Wildman–Crippen LogP) is 3.64. The fraction of sp³-hybridized carbons (Fsp3) is 0.417. The van der Waals surface area contributed by atoms with E-state index in [1.807, 2.05) is 49.4 Å². The van der Waals surface area contributed by atoms with Crippen LogP contribution < -0.4 is 16.8 Å². The van der Waals surface area contributed by atoms with Crippen LogP contribution in [0.4, 0.5) is 0 Å². The average Bonchev–Trinajstić information content (AvgIpc) is 2.67. The lowest BCUT2D eigenvalue weighted by atomic mass is 9.89. The summed E-state index contributed by atoms with van der Waals surface area (Å²) in [4.78, 5) is 2.61. The number of hydrogen-bond acceptors (Lipinski definition) is 5. The summed E-state index contributed by atoms with van der Waals surface area (Å²) in [6, 6.07) is 12.7. The normalized spacial score (nSPS) is 22.2. The van der Waals surface area contributed by atoms with Crippen LogP contribution in [0.1, 0.15) is 44.6 Å². The van der Waals surface area contributed by atoms with Gasteiger partial charge in [-0.15, -0.1) is 0 Å². The summed E-state index contributed by atoms with van der Waals surface area (Å²) in [5.41, 5.74) is 14.7. The van der Waals surface area contributed by atoms with Crippen molar-refractivity contribution in [3.8, 4) is 5.75 Å². The van der Waals surface area contributed by atoms with Crippen molar-refractivity contribution in [3.63, 3.8) is 0 Å². The van der Waals surface area contributed by atoms with Crippen molar-refractivity contribution < 1.29 is 5.11 Å². The Balaban J connectivity index is 1.49. The molecule has 0 radical (unpaired) electrons. The lowest BCUT2D eigenvalue weighted by molar-refractivity contribution is 0.0897. The van der Waals surface area contributed by atoms with Crippen LogP contribution in [0.15, 0.2) is 53.9 Å². The summed E-state index contributed by atoms with van der Waals surface area (Å²) in [7, 11) is 0. The molecule has 1 aliphatic heterocycles. The molecular formula is C24H32N4O. The molecular weight excluding hydrogens is 360 g/mol. The lowest BCUT2D eigenvalue weighted by Gasteiger charge is -2.42. The highest BCUT2D eigenvalue weighted by Gasteiger charge is 2.29. The van der Waals surface area contributed by atoms with E-state index in [1.165, 1.54) is 32.2 Å². The summed E-state index contributed by atoms with van der Waals surface area (Å²) >= 11 is 0. The summed E-state index contributed by atoms with van der Waals surface area (Å²) in [5, 5.41) is 16.0. The number of fused-ring (bicyclic) bond motifs is 1. The Kier molecular flexibility index (Phi) is 5.67. The van der Waals surface area contributed by atoms with Gasteiger partial charge < -0.3 is 21.9 Å². The molecule has 1 atom stereocenters. The fourth-order valence-electron chi connectivity index (χ4n) is 4.48. The number of hydrogen-bond donors (Lipinski definition) is 4. The van der Waals surface area contributed by atoms with Gasteiger partial charge >= 0.3 is 0 Å². The summed E-state index contributed by atoms with van der Waals surface area (Å²) in [6.45, 7) is 4.20. The van der Waals surface area contributed by atoms with Gasteiger partial charge in [-0.3, -0.25) is 4.90 Å². The van der Waals surface area contributed by atoms with Crippen LogP contribution >= 0.6 is 0 Å². The third kappa shape index (κ3) is 4.20. The number of phenols is 1. The van der Waals surface area contributed by atoms with Gasteiger partial charge in [0.15, 0.2) is 0 Å². The first-order chi connectivity index (χ1) is 14.0. The van der Waals surface area contributed by atoms with E-state index in [9.17, 15) is 5.11 Å². The number of nitrogens with zero attached hydrogens (tertiary/aromatic N) is 1. The van der Waals surface area contributed by atoms with Crippen molar-refractivity contribution in [3.05, 3.63) is 59.4 Å². The second-order valence-corrected chi connectivity index (χ2v) is 8.44. The van der Waals surface area contributed by atoms with Gasteiger partial charge in [-0.25, -0.2) is 0 Å². The largest absolute Gasteiger partial charge is 0.507 e. The van der Waals surface area contributed by atoms with Crippen molar-refractivity contribution in [1.29, 1.82) is 0 Å². The highest BCUT2D eigenvalue weighted by molar-refractivity contribution is 5.93. The standard InChI is InChI=1S/C24H32N4O/c1-16(23(26)21-12-11-17-6-2-3-10-20(17)24(21)29)14-22(25)27-18-7-5-13-28(15-18)19-8-4-9-19/h2-3,6,10-12,14,18-19,27,29H,4-5,7-9,13,15,25-26H2,1H3/b22-14+,23-16-. The van der Waals surface area contributed by atoms with E-state index in [4.69, 9.17) is 11.5 Å². The Morgan fingerprint density at radius 3 is 2.66 bits per heavy atom. The number of likely N-dealkylation sites (tertiary alicyclic amines) is 1. The number of rotatable bonds is 5. The third-order valence-corrected chi connectivity index (χ3v) is 6.40. The molecule has 2 aromatic rings. The Bertz CT molecular complexity index is 945. The SMILES string of the molecule is CC(/C=C(\N)NC1CCCN(C2CCC2)C1)=C(/N)c1ccc2ccccc2c1O. The predicted molar refractivity (Wildman–Crippen MR) is 120 cm³/mol. The molecule has 4 rings (SSSR count). The van der Waals surface area contributed by atoms with Crippen molar-refractivity contribution in [2.75, 3.05) is 13.1 Å². The molecule has 29 heavy (non-hydrogen) atoms. The number of aromatic hydroxyl groups is 1. The zero-order valence-corrected chi connectivity index (χ0v) is 17.2. The van der Waals surface area contributed by atoms with Crippen molar-refractivity contribution in [1.82, 2.24) is 10.2 Å². The van der Waals surface area contributed by atoms with E-state index in [1.54, 1.807) is 0 Å². The minimum absolute atomic E-state index is 0.211. The number of nitrogens with two attached hydrogens (primary N) is 2. The molecule has 5 nitrogen and oxygen atoms in total. The van der Waals surface area contributed by atoms with Crippen LogP contribution in [-0.2, 0) is 0 Å². The zero-order chi connectivity index (χ0) is 20.4. The van der Waals surface area contributed by atoms with Gasteiger partial charge in [0.05, 0.1) is 5.82 Å². The van der Waals surface area contributed by atoms with Crippen molar-refractivity contribution in [2.24, 2.45) is 11.5 Å². The van der Waals surface area contributed by atoms with E-state index in [2.05, 4.69) is 10.2 Å². The van der Waals surface area contributed by atoms with Crippen LogP contribution in [0, 0.1) is 0 Å². The number of allylic oxidation sites excluding steroid dienone is 2. The van der Waals surface area contributed by atoms with Crippen molar-refractivity contribution in [2.45, 2.75) is 51.1 Å². The first-order valence-electron chi connectivity index (χ1n) is 10.7. The highest BCUT2D eigenvalue weighted by Crippen LogP contribution is 2.32. The van der Waals surface area contributed by atoms with E-state index in [0.717, 1.165) is 35.4 Å². The van der Waals surface area contributed by atoms with Crippen LogP contribution in [0.3, 0.4) is 0 Å². The molecule has 2 aliphatic rings. The van der Waals surface area contributed by atoms with E-state index in [0.29, 0.717) is 23.1 Å². The maximum atomic E-state index is 10.7. The first kappa shape index (κ1) is 19.6. The molecule has 0 bridgehead atoms. The second kappa shape index (κ2) is 8.37. The average molecular weight is 393 g/mol. The number of benzene rings is 2. The van der Waals surface area contributed by atoms with Gasteiger partial charge in [-0.2, -0.15) is 0 Å². The quantitative estimate of drug-likeness (QED) is 0.584. The van der Waals surface area contributed by atoms with E-state index < -0.39 is 0 Å². The molecule has 0 aromatic heterocycles. The van der Waals surface area contributed by atoms with Gasteiger partial charge in [-0.1, -0.05) is 36.8 Å². The highest BCUT2D eigenvalue weighted by atomic mass is 16.3. The lowest BCUT2D eigenvalue weighted by Crippen LogP contribution is -2.51. The molecule has 6 N–H and O–H groups in total. The van der Waals surface area contributed by atoms with Gasteiger partial charge in [0.2, 0.25) is 0 Å². The summed E-state index contributed by atoms with van der Waals surface area (Å²) in [6.07, 6.45) is 8.28. The third-order valence-electron chi connectivity index (χ3n) is 6.40. The van der Waals surface area contributed by atoms with E-state index in [-0.39, 0.29) is 5.75 Å². The molecule has 1 heterocycles. The van der Waals surface area contributed by atoms with Gasteiger partial charge in [0.1, 0.15) is 5.75 Å². The maximum Gasteiger partial charge on any atom is 0.132 e. The molecule has 1 saturated heterocycles. The molecule has 2 aromatic carbocycles. The Hall–Kier alpha value is -2.66. The minimum atomic E-state index is 0.211. The summed E-state index contributed by atoms with van der Waals surface area (Å²) in [5.74, 6) is 0.842. The molecule has 1 unspecified atom stereocenters. The van der Waals surface area contributed by atoms with Crippen LogP contribution in [0.2, 0.25) is 0 Å². The van der Waals surface area contributed by atoms with Crippen LogP contribution in [0.5, 0.6) is 5.75 Å². The smallest absolute Gasteiger partial charge is 0.132 e. The second-order valence-electron chi connectivity index (χ2n) is 8.44. The van der Waals surface area contributed by atoms with Crippen molar-refractivity contribution >= 4 is 16.5 Å². The number of phenolic OH excluding ortho intramolecular Hbond substituents is 1. The Morgan fingerprint density at radius 2 is 1.90 bits per heavy atom. The monoisotopic (exact) mass is 392 g/mol. The molecule has 154 valence electrons. The number of nitrogens with one attached hydrogen (secondary N) is 1. The Morgan fingerprint density at radius 1 is 1.10 bits per heavy atom. The summed E-state index contributed by atoms with van der Waals surface area (Å²) < 4.78 is 0. The first-order valence-corrected chi connectivity index (χ1v) is 10.7. The topological polar surface area (TPSA) is 87.5 Å². The molecule has 0 amide bonds. The molecule has 1 aliphatic carbocycles. The van der Waals surface area contributed by atoms with Gasteiger partial charge in [0, 0.05) is 35.3 Å². The molecule has 1 saturated carbocycles.